The molecule has 0 aliphatic carbocycles. The molecule has 4 heteroatoms. The van der Waals surface area contributed by atoms with Gasteiger partial charge in [0.05, 0.1) is 13.2 Å². The number of benzene rings is 1. The van der Waals surface area contributed by atoms with E-state index in [1.54, 1.807) is 0 Å². The van der Waals surface area contributed by atoms with Crippen LogP contribution in [0.1, 0.15) is 19.8 Å². The molecular weight excluding hydrogens is 234 g/mol. The SMILES string of the molecule is CCOc1ccc(OCCC[C@H](N)CS)cc1. The van der Waals surface area contributed by atoms with E-state index in [-0.39, 0.29) is 6.04 Å². The molecule has 0 aliphatic rings. The van der Waals surface area contributed by atoms with Crippen molar-refractivity contribution < 1.29 is 9.47 Å². The fourth-order valence-corrected chi connectivity index (χ4v) is 1.61. The lowest BCUT2D eigenvalue weighted by molar-refractivity contribution is 0.301. The van der Waals surface area contributed by atoms with E-state index in [0.29, 0.717) is 13.2 Å². The quantitative estimate of drug-likeness (QED) is 0.554. The molecule has 0 saturated heterocycles. The summed E-state index contributed by atoms with van der Waals surface area (Å²) in [6.07, 6.45) is 1.90. The average Bonchev–Trinajstić information content (AvgIpc) is 2.36. The van der Waals surface area contributed by atoms with E-state index in [1.165, 1.54) is 0 Å². The van der Waals surface area contributed by atoms with Gasteiger partial charge in [0.15, 0.2) is 0 Å². The standard InChI is InChI=1S/C13H21NO2S/c1-2-15-12-5-7-13(8-6-12)16-9-3-4-11(14)10-17/h5-8,11,17H,2-4,9-10,14H2,1H3/t11-/m0/s1. The lowest BCUT2D eigenvalue weighted by Gasteiger charge is -2.10. The maximum Gasteiger partial charge on any atom is 0.119 e. The monoisotopic (exact) mass is 255 g/mol. The van der Waals surface area contributed by atoms with E-state index in [1.807, 2.05) is 31.2 Å². The highest BCUT2D eigenvalue weighted by Crippen LogP contribution is 2.17. The van der Waals surface area contributed by atoms with E-state index in [2.05, 4.69) is 12.6 Å². The van der Waals surface area contributed by atoms with Crippen LogP contribution in [0.25, 0.3) is 0 Å². The highest BCUT2D eigenvalue weighted by atomic mass is 32.1. The molecule has 0 radical (unpaired) electrons. The van der Waals surface area contributed by atoms with Crippen molar-refractivity contribution in [3.05, 3.63) is 24.3 Å². The minimum absolute atomic E-state index is 0.169. The van der Waals surface area contributed by atoms with Crippen molar-refractivity contribution in [2.75, 3.05) is 19.0 Å². The van der Waals surface area contributed by atoms with E-state index >= 15 is 0 Å². The van der Waals surface area contributed by atoms with Crippen molar-refractivity contribution in [3.63, 3.8) is 0 Å². The molecule has 1 atom stereocenters. The molecular formula is C13H21NO2S. The Morgan fingerprint density at radius 3 is 2.29 bits per heavy atom. The Hall–Kier alpha value is -0.870. The van der Waals surface area contributed by atoms with Crippen molar-refractivity contribution in [1.82, 2.24) is 0 Å². The molecule has 1 aromatic carbocycles. The van der Waals surface area contributed by atoms with Crippen LogP contribution in [0.4, 0.5) is 0 Å². The van der Waals surface area contributed by atoms with Crippen LogP contribution in [-0.4, -0.2) is 25.0 Å². The van der Waals surface area contributed by atoms with E-state index in [4.69, 9.17) is 15.2 Å². The van der Waals surface area contributed by atoms with Gasteiger partial charge in [-0.25, -0.2) is 0 Å². The molecule has 96 valence electrons. The summed E-state index contributed by atoms with van der Waals surface area (Å²) in [7, 11) is 0. The maximum atomic E-state index is 5.76. The van der Waals surface area contributed by atoms with Crippen molar-refractivity contribution in [1.29, 1.82) is 0 Å². The number of thiol groups is 1. The van der Waals surface area contributed by atoms with Crippen LogP contribution in [0.2, 0.25) is 0 Å². The summed E-state index contributed by atoms with van der Waals surface area (Å²) in [5, 5.41) is 0. The molecule has 0 fully saturated rings. The van der Waals surface area contributed by atoms with Crippen LogP contribution in [0.15, 0.2) is 24.3 Å². The van der Waals surface area contributed by atoms with Gasteiger partial charge in [0.1, 0.15) is 11.5 Å². The minimum atomic E-state index is 0.169. The zero-order valence-corrected chi connectivity index (χ0v) is 11.2. The number of nitrogens with two attached hydrogens (primary N) is 1. The molecule has 0 amide bonds. The Morgan fingerprint density at radius 2 is 1.76 bits per heavy atom. The number of hydrogen-bond donors (Lipinski definition) is 2. The summed E-state index contributed by atoms with van der Waals surface area (Å²) in [4.78, 5) is 0. The molecule has 0 spiro atoms. The predicted octanol–water partition coefficient (Wildman–Crippen LogP) is 2.50. The van der Waals surface area contributed by atoms with Gasteiger partial charge >= 0.3 is 0 Å². The molecule has 0 heterocycles. The van der Waals surface area contributed by atoms with Crippen LogP contribution in [0.5, 0.6) is 11.5 Å². The molecule has 1 rings (SSSR count). The van der Waals surface area contributed by atoms with Crippen LogP contribution < -0.4 is 15.2 Å². The van der Waals surface area contributed by atoms with E-state index in [0.717, 1.165) is 30.1 Å². The largest absolute Gasteiger partial charge is 0.494 e. The van der Waals surface area contributed by atoms with Gasteiger partial charge in [0.2, 0.25) is 0 Å². The van der Waals surface area contributed by atoms with Gasteiger partial charge in [0, 0.05) is 11.8 Å². The number of hydrogen-bond acceptors (Lipinski definition) is 4. The highest BCUT2D eigenvalue weighted by Gasteiger charge is 2.00. The maximum absolute atomic E-state index is 5.76. The molecule has 3 nitrogen and oxygen atoms in total. The van der Waals surface area contributed by atoms with E-state index < -0.39 is 0 Å². The Balaban J connectivity index is 2.23. The van der Waals surface area contributed by atoms with Crippen LogP contribution in [0.3, 0.4) is 0 Å². The average molecular weight is 255 g/mol. The number of rotatable bonds is 8. The van der Waals surface area contributed by atoms with Gasteiger partial charge in [0.25, 0.3) is 0 Å². The van der Waals surface area contributed by atoms with Gasteiger partial charge in [-0.05, 0) is 44.0 Å². The first-order valence-electron chi connectivity index (χ1n) is 5.98. The summed E-state index contributed by atoms with van der Waals surface area (Å²) < 4.78 is 10.9. The van der Waals surface area contributed by atoms with E-state index in [9.17, 15) is 0 Å². The second kappa shape index (κ2) is 8.25. The fourth-order valence-electron chi connectivity index (χ4n) is 1.43. The fraction of sp³-hybridized carbons (Fsp3) is 0.538. The lowest BCUT2D eigenvalue weighted by Crippen LogP contribution is -2.22. The topological polar surface area (TPSA) is 44.5 Å². The summed E-state index contributed by atoms with van der Waals surface area (Å²) >= 11 is 4.14. The first-order chi connectivity index (χ1) is 8.26. The molecule has 2 N–H and O–H groups in total. The summed E-state index contributed by atoms with van der Waals surface area (Å²) in [5.41, 5.74) is 5.76. The van der Waals surface area contributed by atoms with Gasteiger partial charge in [-0.3, -0.25) is 0 Å². The first-order valence-corrected chi connectivity index (χ1v) is 6.61. The highest BCUT2D eigenvalue weighted by molar-refractivity contribution is 7.80. The number of ether oxygens (including phenoxy) is 2. The Bertz CT molecular complexity index is 303. The Kier molecular flexibility index (Phi) is 6.89. The predicted molar refractivity (Wildman–Crippen MR) is 74.2 cm³/mol. The summed E-state index contributed by atoms with van der Waals surface area (Å²) in [5.74, 6) is 2.47. The first kappa shape index (κ1) is 14.2. The van der Waals surface area contributed by atoms with Crippen molar-refractivity contribution in [2.24, 2.45) is 5.73 Å². The van der Waals surface area contributed by atoms with Crippen molar-refractivity contribution >= 4 is 12.6 Å². The van der Waals surface area contributed by atoms with Crippen LogP contribution in [0, 0.1) is 0 Å². The van der Waals surface area contributed by atoms with Gasteiger partial charge in [-0.15, -0.1) is 0 Å². The normalized spacial score (nSPS) is 12.2. The molecule has 0 bridgehead atoms. The lowest BCUT2D eigenvalue weighted by atomic mass is 10.2. The smallest absolute Gasteiger partial charge is 0.119 e. The zero-order chi connectivity index (χ0) is 12.5. The van der Waals surface area contributed by atoms with Gasteiger partial charge in [-0.2, -0.15) is 12.6 Å². The summed E-state index contributed by atoms with van der Waals surface area (Å²) in [6, 6.07) is 7.84. The van der Waals surface area contributed by atoms with Crippen LogP contribution >= 0.6 is 12.6 Å². The third-order valence-corrected chi connectivity index (χ3v) is 2.83. The zero-order valence-electron chi connectivity index (χ0n) is 10.3. The molecule has 1 aromatic rings. The molecule has 0 saturated carbocycles. The molecule has 0 aromatic heterocycles. The van der Waals surface area contributed by atoms with Gasteiger partial charge in [-0.1, -0.05) is 0 Å². The van der Waals surface area contributed by atoms with Crippen molar-refractivity contribution in [3.8, 4) is 11.5 Å². The molecule has 0 aliphatic heterocycles. The summed E-state index contributed by atoms with van der Waals surface area (Å²) in [6.45, 7) is 3.34. The molecule has 17 heavy (non-hydrogen) atoms. The second-order valence-electron chi connectivity index (χ2n) is 3.84. The minimum Gasteiger partial charge on any atom is -0.494 e. The van der Waals surface area contributed by atoms with Gasteiger partial charge < -0.3 is 15.2 Å². The second-order valence-corrected chi connectivity index (χ2v) is 4.20. The van der Waals surface area contributed by atoms with Crippen molar-refractivity contribution in [2.45, 2.75) is 25.8 Å². The molecule has 0 unspecified atom stereocenters. The van der Waals surface area contributed by atoms with Crippen LogP contribution in [-0.2, 0) is 0 Å². The Labute approximate surface area is 109 Å². The third-order valence-electron chi connectivity index (χ3n) is 2.36. The Morgan fingerprint density at radius 1 is 1.18 bits per heavy atom. The third kappa shape index (κ3) is 5.84.